The summed E-state index contributed by atoms with van der Waals surface area (Å²) in [7, 11) is 0. The van der Waals surface area contributed by atoms with Gasteiger partial charge in [0.05, 0.1) is 28.7 Å². The number of hydrogen-bond acceptors (Lipinski definition) is 3. The van der Waals surface area contributed by atoms with Gasteiger partial charge in [-0.3, -0.25) is 13.9 Å². The van der Waals surface area contributed by atoms with Crippen molar-refractivity contribution in [2.45, 2.75) is 13.1 Å². The summed E-state index contributed by atoms with van der Waals surface area (Å²) in [6, 6.07) is 18.0. The lowest BCUT2D eigenvalue weighted by molar-refractivity contribution is 0.633. The molecule has 0 atom stereocenters. The molecule has 0 unspecified atom stereocenters. The molecule has 0 spiro atoms. The second kappa shape index (κ2) is 7.62. The van der Waals surface area contributed by atoms with Gasteiger partial charge in [-0.25, -0.2) is 9.78 Å². The SMILES string of the molecule is O=c1c2ncccc2n(Cc2ccc(Cl)c(Cl)c2)c(=O)n1Cc1ccccc1. The smallest absolute Gasteiger partial charge is 0.287 e. The van der Waals surface area contributed by atoms with E-state index < -0.39 is 11.2 Å². The first-order valence-corrected chi connectivity index (χ1v) is 9.36. The lowest BCUT2D eigenvalue weighted by Gasteiger charge is -2.14. The monoisotopic (exact) mass is 411 g/mol. The van der Waals surface area contributed by atoms with E-state index >= 15 is 0 Å². The van der Waals surface area contributed by atoms with E-state index in [1.54, 1.807) is 36.5 Å². The van der Waals surface area contributed by atoms with E-state index in [2.05, 4.69) is 4.98 Å². The third kappa shape index (κ3) is 3.46. The fourth-order valence-electron chi connectivity index (χ4n) is 3.12. The molecule has 28 heavy (non-hydrogen) atoms. The van der Waals surface area contributed by atoms with Gasteiger partial charge in [-0.15, -0.1) is 0 Å². The molecule has 0 aliphatic carbocycles. The van der Waals surface area contributed by atoms with Gasteiger partial charge >= 0.3 is 5.69 Å². The minimum Gasteiger partial charge on any atom is -0.287 e. The second-order valence-corrected chi connectivity index (χ2v) is 7.18. The van der Waals surface area contributed by atoms with E-state index in [4.69, 9.17) is 23.2 Å². The maximum Gasteiger partial charge on any atom is 0.332 e. The largest absolute Gasteiger partial charge is 0.332 e. The van der Waals surface area contributed by atoms with Crippen LogP contribution in [0.5, 0.6) is 0 Å². The molecule has 2 aromatic carbocycles. The molecule has 0 aliphatic rings. The Hall–Kier alpha value is -2.89. The third-order valence-corrected chi connectivity index (χ3v) is 5.23. The van der Waals surface area contributed by atoms with Crippen molar-refractivity contribution in [3.63, 3.8) is 0 Å². The van der Waals surface area contributed by atoms with Gasteiger partial charge < -0.3 is 0 Å². The van der Waals surface area contributed by atoms with Crippen molar-refractivity contribution in [2.24, 2.45) is 0 Å². The van der Waals surface area contributed by atoms with E-state index in [9.17, 15) is 9.59 Å². The molecule has 0 saturated carbocycles. The number of fused-ring (bicyclic) bond motifs is 1. The Morgan fingerprint density at radius 3 is 2.29 bits per heavy atom. The highest BCUT2D eigenvalue weighted by atomic mass is 35.5. The number of benzene rings is 2. The van der Waals surface area contributed by atoms with Gasteiger partial charge in [0.1, 0.15) is 0 Å². The first kappa shape index (κ1) is 18.5. The molecular weight excluding hydrogens is 397 g/mol. The second-order valence-electron chi connectivity index (χ2n) is 6.37. The fourth-order valence-corrected chi connectivity index (χ4v) is 3.44. The Labute approximate surface area is 170 Å². The summed E-state index contributed by atoms with van der Waals surface area (Å²) in [6.45, 7) is 0.416. The van der Waals surface area contributed by atoms with Crippen LogP contribution in [0.15, 0.2) is 76.4 Å². The van der Waals surface area contributed by atoms with Gasteiger partial charge in [0, 0.05) is 6.20 Å². The molecule has 0 radical (unpaired) electrons. The Morgan fingerprint density at radius 1 is 0.786 bits per heavy atom. The Bertz CT molecular complexity index is 1280. The number of nitrogens with zero attached hydrogens (tertiary/aromatic N) is 3. The number of hydrogen-bond donors (Lipinski definition) is 0. The highest BCUT2D eigenvalue weighted by Gasteiger charge is 2.15. The molecule has 0 amide bonds. The maximum absolute atomic E-state index is 13.2. The van der Waals surface area contributed by atoms with E-state index in [0.29, 0.717) is 15.6 Å². The van der Waals surface area contributed by atoms with Crippen molar-refractivity contribution in [2.75, 3.05) is 0 Å². The normalized spacial score (nSPS) is 11.1. The van der Waals surface area contributed by atoms with Crippen molar-refractivity contribution in [3.8, 4) is 0 Å². The van der Waals surface area contributed by atoms with Crippen molar-refractivity contribution in [1.82, 2.24) is 14.1 Å². The average molecular weight is 412 g/mol. The van der Waals surface area contributed by atoms with Crippen LogP contribution in [-0.4, -0.2) is 14.1 Å². The minimum absolute atomic E-state index is 0.173. The van der Waals surface area contributed by atoms with Crippen LogP contribution in [0.25, 0.3) is 11.0 Å². The van der Waals surface area contributed by atoms with E-state index in [1.165, 1.54) is 9.13 Å². The topological polar surface area (TPSA) is 56.9 Å². The zero-order valence-corrected chi connectivity index (χ0v) is 16.2. The molecular formula is C21H15Cl2N3O2. The van der Waals surface area contributed by atoms with Gasteiger partial charge in [0.25, 0.3) is 5.56 Å². The summed E-state index contributed by atoms with van der Waals surface area (Å²) in [6.07, 6.45) is 1.55. The number of aromatic nitrogens is 3. The molecule has 0 fully saturated rings. The van der Waals surface area contributed by atoms with Crippen LogP contribution in [-0.2, 0) is 13.1 Å². The molecule has 2 aromatic heterocycles. The summed E-state index contributed by atoms with van der Waals surface area (Å²) in [4.78, 5) is 30.3. The van der Waals surface area contributed by atoms with Crippen LogP contribution in [0.2, 0.25) is 10.0 Å². The molecule has 5 nitrogen and oxygen atoms in total. The maximum atomic E-state index is 13.2. The standard InChI is InChI=1S/C21H15Cl2N3O2/c22-16-9-8-15(11-17(16)23)13-25-18-7-4-10-24-19(18)20(27)26(21(25)28)12-14-5-2-1-3-6-14/h1-11H,12-13H2. The molecule has 140 valence electrons. The van der Waals surface area contributed by atoms with Gasteiger partial charge in [0.2, 0.25) is 0 Å². The van der Waals surface area contributed by atoms with Crippen LogP contribution < -0.4 is 11.2 Å². The van der Waals surface area contributed by atoms with Crippen molar-refractivity contribution in [1.29, 1.82) is 0 Å². The van der Waals surface area contributed by atoms with E-state index in [0.717, 1.165) is 11.1 Å². The van der Waals surface area contributed by atoms with Gasteiger partial charge in [0.15, 0.2) is 5.52 Å². The molecule has 0 saturated heterocycles. The van der Waals surface area contributed by atoms with Crippen LogP contribution in [0.1, 0.15) is 11.1 Å². The molecule has 4 rings (SSSR count). The predicted molar refractivity (Wildman–Crippen MR) is 111 cm³/mol. The molecule has 4 aromatic rings. The van der Waals surface area contributed by atoms with E-state index in [1.807, 2.05) is 30.3 Å². The average Bonchev–Trinajstić information content (AvgIpc) is 2.72. The van der Waals surface area contributed by atoms with Crippen LogP contribution in [0, 0.1) is 0 Å². The fraction of sp³-hybridized carbons (Fsp3) is 0.0952. The highest BCUT2D eigenvalue weighted by molar-refractivity contribution is 6.42. The number of pyridine rings is 1. The van der Waals surface area contributed by atoms with Crippen LogP contribution in [0.4, 0.5) is 0 Å². The Balaban J connectivity index is 1.90. The Kier molecular flexibility index (Phi) is 5.03. The summed E-state index contributed by atoms with van der Waals surface area (Å²) in [5, 5.41) is 0.852. The third-order valence-electron chi connectivity index (χ3n) is 4.49. The first-order valence-electron chi connectivity index (χ1n) is 8.61. The first-order chi connectivity index (χ1) is 13.5. The minimum atomic E-state index is -0.408. The van der Waals surface area contributed by atoms with Crippen molar-refractivity contribution in [3.05, 3.63) is 109 Å². The molecule has 0 aliphatic heterocycles. The summed E-state index contributed by atoms with van der Waals surface area (Å²) < 4.78 is 2.74. The van der Waals surface area contributed by atoms with Gasteiger partial charge in [-0.1, -0.05) is 59.6 Å². The lowest BCUT2D eigenvalue weighted by Crippen LogP contribution is -2.40. The zero-order valence-electron chi connectivity index (χ0n) is 14.7. The highest BCUT2D eigenvalue weighted by Crippen LogP contribution is 2.23. The predicted octanol–water partition coefficient (Wildman–Crippen LogP) is 3.96. The van der Waals surface area contributed by atoms with Gasteiger partial charge in [-0.05, 0) is 35.4 Å². The lowest BCUT2D eigenvalue weighted by atomic mass is 10.2. The number of rotatable bonds is 4. The molecule has 0 bridgehead atoms. The van der Waals surface area contributed by atoms with Crippen LogP contribution >= 0.6 is 23.2 Å². The summed E-state index contributed by atoms with van der Waals surface area (Å²) in [5.74, 6) is 0. The quantitative estimate of drug-likeness (QED) is 0.510. The van der Waals surface area contributed by atoms with Crippen LogP contribution in [0.3, 0.4) is 0 Å². The molecule has 7 heteroatoms. The molecule has 2 heterocycles. The number of halogens is 2. The van der Waals surface area contributed by atoms with E-state index in [-0.39, 0.29) is 18.6 Å². The van der Waals surface area contributed by atoms with Crippen molar-refractivity contribution >= 4 is 34.2 Å². The molecule has 0 N–H and O–H groups in total. The Morgan fingerprint density at radius 2 is 1.54 bits per heavy atom. The summed E-state index contributed by atoms with van der Waals surface area (Å²) >= 11 is 12.1. The zero-order chi connectivity index (χ0) is 19.7. The van der Waals surface area contributed by atoms with Gasteiger partial charge in [-0.2, -0.15) is 0 Å². The van der Waals surface area contributed by atoms with Crippen molar-refractivity contribution < 1.29 is 0 Å². The summed E-state index contributed by atoms with van der Waals surface area (Å²) in [5.41, 5.74) is 1.57.